The molecule has 136 valence electrons. The van der Waals surface area contributed by atoms with E-state index in [1.54, 1.807) is 0 Å². The minimum atomic E-state index is 0. The zero-order valence-electron chi connectivity index (χ0n) is 14.5. The summed E-state index contributed by atoms with van der Waals surface area (Å²) < 4.78 is 0. The van der Waals surface area contributed by atoms with Crippen molar-refractivity contribution >= 4 is 24.8 Å². The molecule has 0 atom stereocenters. The number of nitrogens with two attached hydrogens (primary N) is 1. The van der Waals surface area contributed by atoms with E-state index in [1.165, 1.54) is 89.9 Å². The lowest BCUT2D eigenvalue weighted by molar-refractivity contribution is 0.412. The van der Waals surface area contributed by atoms with Gasteiger partial charge in [0.2, 0.25) is 0 Å². The molecule has 0 radical (unpaired) electrons. The third kappa shape index (κ3) is 15.4. The van der Waals surface area contributed by atoms with Crippen LogP contribution in [0.3, 0.4) is 0 Å². The van der Waals surface area contributed by atoms with E-state index in [0.717, 1.165) is 25.6 Å². The van der Waals surface area contributed by atoms with Gasteiger partial charge in [0.25, 0.3) is 0 Å². The lowest BCUT2D eigenvalue weighted by Gasteiger charge is -2.18. The van der Waals surface area contributed by atoms with Gasteiger partial charge in [-0.2, -0.15) is 0 Å². The van der Waals surface area contributed by atoms with Gasteiger partial charge in [-0.15, -0.1) is 24.8 Å². The first-order valence-corrected chi connectivity index (χ1v) is 9.37. The molecule has 1 aliphatic carbocycles. The molecule has 1 aliphatic rings. The smallest absolute Gasteiger partial charge is 0.00670 e. The highest BCUT2D eigenvalue weighted by atomic mass is 35.5. The number of hydrogen-bond donors (Lipinski definition) is 2. The van der Waals surface area contributed by atoms with Crippen LogP contribution >= 0.6 is 24.8 Å². The molecule has 0 bridgehead atoms. The number of hydrogen-bond acceptors (Lipinski definition) is 2. The number of nitrogens with one attached hydrogen (secondary N) is 1. The van der Waals surface area contributed by atoms with Crippen LogP contribution in [-0.4, -0.2) is 19.1 Å². The van der Waals surface area contributed by atoms with E-state index < -0.39 is 0 Å². The lowest BCUT2D eigenvalue weighted by Crippen LogP contribution is -2.31. The molecule has 0 amide bonds. The molecule has 1 saturated carbocycles. The summed E-state index contributed by atoms with van der Waals surface area (Å²) in [5.41, 5.74) is 5.59. The summed E-state index contributed by atoms with van der Waals surface area (Å²) in [5.74, 6) is 0. The van der Waals surface area contributed by atoms with Gasteiger partial charge in [-0.05, 0) is 32.4 Å². The summed E-state index contributed by atoms with van der Waals surface area (Å²) in [6.07, 6.45) is 21.3. The summed E-state index contributed by atoms with van der Waals surface area (Å²) in [6, 6.07) is 0.756. The Balaban J connectivity index is 0. The maximum atomic E-state index is 5.59. The predicted octanol–water partition coefficient (Wildman–Crippen LogP) is 5.61. The van der Waals surface area contributed by atoms with Gasteiger partial charge in [-0.3, -0.25) is 0 Å². The van der Waals surface area contributed by atoms with Crippen LogP contribution in [0.4, 0.5) is 0 Å². The van der Waals surface area contributed by atoms with E-state index in [4.69, 9.17) is 5.73 Å². The van der Waals surface area contributed by atoms with Crippen molar-refractivity contribution in [3.05, 3.63) is 0 Å². The molecule has 0 spiro atoms. The summed E-state index contributed by atoms with van der Waals surface area (Å²) in [4.78, 5) is 0. The molecule has 2 nitrogen and oxygen atoms in total. The maximum Gasteiger partial charge on any atom is 0.00670 e. The summed E-state index contributed by atoms with van der Waals surface area (Å²) in [6.45, 7) is 1.93. The van der Waals surface area contributed by atoms with Crippen LogP contribution in [0.25, 0.3) is 0 Å². The fourth-order valence-electron chi connectivity index (χ4n) is 3.31. The Bertz CT molecular complexity index is 188. The first-order chi connectivity index (χ1) is 9.93. The SMILES string of the molecule is Cl.Cl.NCCCNC1CCCCCCCCCCCCCC1. The van der Waals surface area contributed by atoms with Crippen LogP contribution in [0.15, 0.2) is 0 Å². The third-order valence-electron chi connectivity index (χ3n) is 4.67. The van der Waals surface area contributed by atoms with Crippen LogP contribution in [0, 0.1) is 0 Å². The second-order valence-corrected chi connectivity index (χ2v) is 6.61. The van der Waals surface area contributed by atoms with Gasteiger partial charge in [0.15, 0.2) is 0 Å². The van der Waals surface area contributed by atoms with Crippen molar-refractivity contribution in [1.82, 2.24) is 5.32 Å². The van der Waals surface area contributed by atoms with E-state index >= 15 is 0 Å². The highest BCUT2D eigenvalue weighted by Crippen LogP contribution is 2.16. The molecule has 0 unspecified atom stereocenters. The van der Waals surface area contributed by atoms with Crippen LogP contribution in [0.2, 0.25) is 0 Å². The second-order valence-electron chi connectivity index (χ2n) is 6.61. The summed E-state index contributed by atoms with van der Waals surface area (Å²) in [5, 5.41) is 3.73. The minimum absolute atomic E-state index is 0. The molecule has 0 aromatic rings. The monoisotopic (exact) mass is 354 g/mol. The van der Waals surface area contributed by atoms with Crippen molar-refractivity contribution in [1.29, 1.82) is 0 Å². The van der Waals surface area contributed by atoms with E-state index in [-0.39, 0.29) is 24.8 Å². The van der Waals surface area contributed by atoms with Crippen molar-refractivity contribution in [2.45, 2.75) is 102 Å². The van der Waals surface area contributed by atoms with Crippen molar-refractivity contribution in [3.8, 4) is 0 Å². The number of rotatable bonds is 4. The third-order valence-corrected chi connectivity index (χ3v) is 4.67. The Labute approximate surface area is 151 Å². The fourth-order valence-corrected chi connectivity index (χ4v) is 3.31. The average molecular weight is 355 g/mol. The molecule has 1 fully saturated rings. The normalized spacial score (nSPS) is 20.0. The van der Waals surface area contributed by atoms with E-state index in [2.05, 4.69) is 5.32 Å². The van der Waals surface area contributed by atoms with Gasteiger partial charge in [0.05, 0.1) is 0 Å². The first-order valence-electron chi connectivity index (χ1n) is 9.37. The predicted molar refractivity (Wildman–Crippen MR) is 105 cm³/mol. The summed E-state index contributed by atoms with van der Waals surface area (Å²) in [7, 11) is 0. The molecule has 0 saturated heterocycles. The molecule has 0 aromatic heterocycles. The topological polar surface area (TPSA) is 38.0 Å². The molecule has 0 aromatic carbocycles. The molecule has 22 heavy (non-hydrogen) atoms. The van der Waals surface area contributed by atoms with Crippen molar-refractivity contribution in [3.63, 3.8) is 0 Å². The standard InChI is InChI=1S/C18H38N2.2ClH/c19-16-13-17-20-18-14-11-9-7-5-3-1-2-4-6-8-10-12-15-18;;/h18,20H,1-17,19H2;2*1H. The van der Waals surface area contributed by atoms with Gasteiger partial charge in [0.1, 0.15) is 0 Å². The van der Waals surface area contributed by atoms with Crippen molar-refractivity contribution in [2.75, 3.05) is 13.1 Å². The molecule has 1 rings (SSSR count). The van der Waals surface area contributed by atoms with Crippen LogP contribution in [0.1, 0.15) is 96.3 Å². The summed E-state index contributed by atoms with van der Waals surface area (Å²) >= 11 is 0. The van der Waals surface area contributed by atoms with Gasteiger partial charge in [-0.25, -0.2) is 0 Å². The minimum Gasteiger partial charge on any atom is -0.330 e. The maximum absolute atomic E-state index is 5.59. The van der Waals surface area contributed by atoms with E-state index in [1.807, 2.05) is 0 Å². The Morgan fingerprint density at radius 3 is 1.36 bits per heavy atom. The van der Waals surface area contributed by atoms with Gasteiger partial charge < -0.3 is 11.1 Å². The second kappa shape index (κ2) is 19.5. The molecular formula is C18H40Cl2N2. The zero-order valence-corrected chi connectivity index (χ0v) is 16.1. The molecule has 0 heterocycles. The quantitative estimate of drug-likeness (QED) is 0.643. The molecule has 4 heteroatoms. The fraction of sp³-hybridized carbons (Fsp3) is 1.00. The van der Waals surface area contributed by atoms with Gasteiger partial charge in [-0.1, -0.05) is 77.0 Å². The average Bonchev–Trinajstić information content (AvgIpc) is 2.47. The van der Waals surface area contributed by atoms with Crippen LogP contribution < -0.4 is 11.1 Å². The highest BCUT2D eigenvalue weighted by molar-refractivity contribution is 5.85. The Morgan fingerprint density at radius 1 is 0.636 bits per heavy atom. The largest absolute Gasteiger partial charge is 0.330 e. The van der Waals surface area contributed by atoms with E-state index in [9.17, 15) is 0 Å². The number of halogens is 2. The van der Waals surface area contributed by atoms with Crippen LogP contribution in [-0.2, 0) is 0 Å². The molecule has 3 N–H and O–H groups in total. The Morgan fingerprint density at radius 2 is 1.00 bits per heavy atom. The zero-order chi connectivity index (χ0) is 14.3. The highest BCUT2D eigenvalue weighted by Gasteiger charge is 2.07. The van der Waals surface area contributed by atoms with Gasteiger partial charge in [0, 0.05) is 6.04 Å². The van der Waals surface area contributed by atoms with Gasteiger partial charge >= 0.3 is 0 Å². The Kier molecular flexibility index (Phi) is 22.0. The molecular weight excluding hydrogens is 315 g/mol. The first kappa shape index (κ1) is 24.7. The van der Waals surface area contributed by atoms with Crippen molar-refractivity contribution < 1.29 is 0 Å². The van der Waals surface area contributed by atoms with Crippen LogP contribution in [0.5, 0.6) is 0 Å². The van der Waals surface area contributed by atoms with E-state index in [0.29, 0.717) is 0 Å². The molecule has 0 aliphatic heterocycles. The lowest BCUT2D eigenvalue weighted by atomic mass is 10.0. The Hall–Kier alpha value is 0.500. The van der Waals surface area contributed by atoms with Crippen molar-refractivity contribution in [2.24, 2.45) is 5.73 Å².